The summed E-state index contributed by atoms with van der Waals surface area (Å²) in [6, 6.07) is 6.43. The standard InChI is InChI=1S/C15H23N3O4S/c1-18(2)23(20,21)13-5-3-12(4-6-13)11-17-14(19)15(16)7-9-22-10-8-15/h3-6H,7-11,16H2,1-2H3,(H,17,19). The molecule has 8 heteroatoms. The number of benzene rings is 1. The molecule has 7 nitrogen and oxygen atoms in total. The summed E-state index contributed by atoms with van der Waals surface area (Å²) in [5.74, 6) is -0.203. The zero-order chi connectivity index (χ0) is 17.1. The van der Waals surface area contributed by atoms with Gasteiger partial charge in [0, 0.05) is 33.9 Å². The number of ether oxygens (including phenoxy) is 1. The molecule has 1 aliphatic heterocycles. The maximum atomic E-state index is 12.2. The predicted molar refractivity (Wildman–Crippen MR) is 86.1 cm³/mol. The molecule has 23 heavy (non-hydrogen) atoms. The molecule has 1 aliphatic rings. The van der Waals surface area contributed by atoms with Gasteiger partial charge in [0.05, 0.1) is 10.4 Å². The average molecular weight is 341 g/mol. The van der Waals surface area contributed by atoms with Crippen LogP contribution >= 0.6 is 0 Å². The smallest absolute Gasteiger partial charge is 0.242 e. The van der Waals surface area contributed by atoms with E-state index in [1.807, 2.05) is 0 Å². The van der Waals surface area contributed by atoms with Gasteiger partial charge in [-0.2, -0.15) is 0 Å². The Labute approximate surface area is 136 Å². The lowest BCUT2D eigenvalue weighted by molar-refractivity contribution is -0.129. The highest BCUT2D eigenvalue weighted by atomic mass is 32.2. The molecule has 0 atom stereocenters. The summed E-state index contributed by atoms with van der Waals surface area (Å²) in [4.78, 5) is 12.4. The maximum Gasteiger partial charge on any atom is 0.242 e. The van der Waals surface area contributed by atoms with E-state index in [4.69, 9.17) is 10.5 Å². The minimum Gasteiger partial charge on any atom is -0.381 e. The normalized spacial score (nSPS) is 17.9. The topological polar surface area (TPSA) is 102 Å². The highest BCUT2D eigenvalue weighted by Crippen LogP contribution is 2.18. The summed E-state index contributed by atoms with van der Waals surface area (Å²) in [5.41, 5.74) is 6.03. The van der Waals surface area contributed by atoms with Gasteiger partial charge in [-0.1, -0.05) is 12.1 Å². The van der Waals surface area contributed by atoms with Crippen LogP contribution in [0.3, 0.4) is 0 Å². The van der Waals surface area contributed by atoms with E-state index in [2.05, 4.69) is 5.32 Å². The molecule has 1 heterocycles. The van der Waals surface area contributed by atoms with Crippen LogP contribution in [-0.4, -0.2) is 51.5 Å². The van der Waals surface area contributed by atoms with Crippen LogP contribution in [-0.2, 0) is 26.1 Å². The van der Waals surface area contributed by atoms with E-state index >= 15 is 0 Å². The van der Waals surface area contributed by atoms with Crippen LogP contribution < -0.4 is 11.1 Å². The summed E-state index contributed by atoms with van der Waals surface area (Å²) in [7, 11) is -0.471. The number of carbonyl (C=O) groups excluding carboxylic acids is 1. The molecule has 1 aromatic carbocycles. The summed E-state index contributed by atoms with van der Waals surface area (Å²) >= 11 is 0. The average Bonchev–Trinajstić information content (AvgIpc) is 2.53. The number of amides is 1. The lowest BCUT2D eigenvalue weighted by Gasteiger charge is -2.31. The van der Waals surface area contributed by atoms with Crippen molar-refractivity contribution in [2.75, 3.05) is 27.3 Å². The number of carbonyl (C=O) groups is 1. The van der Waals surface area contributed by atoms with Gasteiger partial charge in [-0.25, -0.2) is 12.7 Å². The van der Waals surface area contributed by atoms with Crippen molar-refractivity contribution in [3.05, 3.63) is 29.8 Å². The van der Waals surface area contributed by atoms with Crippen LogP contribution in [0.5, 0.6) is 0 Å². The molecule has 0 saturated carbocycles. The maximum absolute atomic E-state index is 12.2. The van der Waals surface area contributed by atoms with Crippen molar-refractivity contribution in [3.63, 3.8) is 0 Å². The fraction of sp³-hybridized carbons (Fsp3) is 0.533. The molecule has 1 aromatic rings. The van der Waals surface area contributed by atoms with Crippen LogP contribution in [0.1, 0.15) is 18.4 Å². The van der Waals surface area contributed by atoms with Crippen LogP contribution in [0, 0.1) is 0 Å². The minimum absolute atomic E-state index is 0.203. The second-order valence-electron chi connectivity index (χ2n) is 5.88. The van der Waals surface area contributed by atoms with Gasteiger partial charge in [-0.05, 0) is 30.5 Å². The van der Waals surface area contributed by atoms with Gasteiger partial charge in [0.1, 0.15) is 0 Å². The van der Waals surface area contributed by atoms with Gasteiger partial charge >= 0.3 is 0 Å². The molecule has 1 saturated heterocycles. The Morgan fingerprint density at radius 1 is 1.26 bits per heavy atom. The number of rotatable bonds is 5. The molecule has 0 radical (unpaired) electrons. The van der Waals surface area contributed by atoms with Gasteiger partial charge in [-0.15, -0.1) is 0 Å². The first kappa shape index (κ1) is 17.9. The van der Waals surface area contributed by atoms with E-state index < -0.39 is 15.6 Å². The Balaban J connectivity index is 1.98. The van der Waals surface area contributed by atoms with E-state index in [1.165, 1.54) is 26.2 Å². The van der Waals surface area contributed by atoms with E-state index in [-0.39, 0.29) is 10.8 Å². The molecule has 1 fully saturated rings. The number of hydrogen-bond donors (Lipinski definition) is 2. The third-order valence-electron chi connectivity index (χ3n) is 3.99. The third-order valence-corrected chi connectivity index (χ3v) is 5.82. The van der Waals surface area contributed by atoms with Gasteiger partial charge in [0.25, 0.3) is 0 Å². The zero-order valence-corrected chi connectivity index (χ0v) is 14.2. The van der Waals surface area contributed by atoms with Crippen LogP contribution in [0.4, 0.5) is 0 Å². The van der Waals surface area contributed by atoms with Crippen LogP contribution in [0.2, 0.25) is 0 Å². The fourth-order valence-electron chi connectivity index (χ4n) is 2.31. The number of nitrogens with zero attached hydrogens (tertiary/aromatic N) is 1. The second kappa shape index (κ2) is 6.96. The zero-order valence-electron chi connectivity index (χ0n) is 13.4. The Bertz CT molecular complexity index is 650. The summed E-state index contributed by atoms with van der Waals surface area (Å²) < 4.78 is 30.4. The van der Waals surface area contributed by atoms with Crippen molar-refractivity contribution >= 4 is 15.9 Å². The van der Waals surface area contributed by atoms with Crippen LogP contribution in [0.25, 0.3) is 0 Å². The summed E-state index contributed by atoms with van der Waals surface area (Å²) in [6.07, 6.45) is 0.998. The first-order chi connectivity index (χ1) is 10.8. The lowest BCUT2D eigenvalue weighted by Crippen LogP contribution is -2.56. The highest BCUT2D eigenvalue weighted by molar-refractivity contribution is 7.89. The Morgan fingerprint density at radius 2 is 1.83 bits per heavy atom. The quantitative estimate of drug-likeness (QED) is 0.789. The van der Waals surface area contributed by atoms with Crippen LogP contribution in [0.15, 0.2) is 29.2 Å². The Hall–Kier alpha value is -1.48. The Kier molecular flexibility index (Phi) is 5.41. The number of nitrogens with one attached hydrogen (secondary N) is 1. The molecule has 0 aliphatic carbocycles. The highest BCUT2D eigenvalue weighted by Gasteiger charge is 2.35. The first-order valence-electron chi connectivity index (χ1n) is 7.42. The van der Waals surface area contributed by atoms with Gasteiger partial charge in [0.2, 0.25) is 15.9 Å². The Morgan fingerprint density at radius 3 is 2.35 bits per heavy atom. The molecule has 0 bridgehead atoms. The monoisotopic (exact) mass is 341 g/mol. The van der Waals surface area contributed by atoms with Crippen molar-refractivity contribution in [2.45, 2.75) is 29.8 Å². The van der Waals surface area contributed by atoms with Crippen molar-refractivity contribution in [1.29, 1.82) is 0 Å². The summed E-state index contributed by atoms with van der Waals surface area (Å²) in [6.45, 7) is 1.28. The van der Waals surface area contributed by atoms with Crippen molar-refractivity contribution in [2.24, 2.45) is 5.73 Å². The molecule has 2 rings (SSSR count). The molecule has 0 unspecified atom stereocenters. The molecule has 3 N–H and O–H groups in total. The van der Waals surface area contributed by atoms with Crippen molar-refractivity contribution in [1.82, 2.24) is 9.62 Å². The van der Waals surface area contributed by atoms with E-state index in [0.29, 0.717) is 32.6 Å². The largest absolute Gasteiger partial charge is 0.381 e. The SMILES string of the molecule is CN(C)S(=O)(=O)c1ccc(CNC(=O)C2(N)CCOCC2)cc1. The first-order valence-corrected chi connectivity index (χ1v) is 8.86. The second-order valence-corrected chi connectivity index (χ2v) is 8.03. The molecule has 0 aromatic heterocycles. The molecular formula is C15H23N3O4S. The minimum atomic E-state index is -3.44. The molecular weight excluding hydrogens is 318 g/mol. The molecule has 128 valence electrons. The van der Waals surface area contributed by atoms with Gasteiger partial charge < -0.3 is 15.8 Å². The number of hydrogen-bond acceptors (Lipinski definition) is 5. The summed E-state index contributed by atoms with van der Waals surface area (Å²) in [5, 5.41) is 2.81. The number of sulfonamides is 1. The lowest BCUT2D eigenvalue weighted by atomic mass is 9.90. The van der Waals surface area contributed by atoms with Crippen molar-refractivity contribution < 1.29 is 17.9 Å². The van der Waals surface area contributed by atoms with E-state index in [9.17, 15) is 13.2 Å². The molecule has 0 spiro atoms. The van der Waals surface area contributed by atoms with Gasteiger partial charge in [-0.3, -0.25) is 4.79 Å². The number of nitrogens with two attached hydrogens (primary N) is 1. The van der Waals surface area contributed by atoms with Gasteiger partial charge in [0.15, 0.2) is 0 Å². The third kappa shape index (κ3) is 4.08. The fourth-order valence-corrected chi connectivity index (χ4v) is 3.21. The molecule has 1 amide bonds. The van der Waals surface area contributed by atoms with E-state index in [1.54, 1.807) is 12.1 Å². The van der Waals surface area contributed by atoms with E-state index in [0.717, 1.165) is 9.87 Å². The predicted octanol–water partition coefficient (Wildman–Crippen LogP) is 0.0610. The van der Waals surface area contributed by atoms with Crippen molar-refractivity contribution in [3.8, 4) is 0 Å².